The van der Waals surface area contributed by atoms with Gasteiger partial charge in [-0.05, 0) is 12.1 Å². The fourth-order valence-electron chi connectivity index (χ4n) is 1.17. The number of nitrogens with one attached hydrogen (secondary N) is 1. The minimum Gasteiger partial charge on any atom is -0.361 e. The molecule has 2 heterocycles. The lowest BCUT2D eigenvalue weighted by atomic mass is 10.2. The molecule has 0 spiro atoms. The molecule has 2 rings (SSSR count). The Balaban J connectivity index is 2.79. The molecule has 0 aliphatic heterocycles. The van der Waals surface area contributed by atoms with Crippen LogP contribution in [0, 0.1) is 0 Å². The quantitative estimate of drug-likeness (QED) is 0.620. The van der Waals surface area contributed by atoms with Crippen molar-refractivity contribution in [3.8, 4) is 0 Å². The largest absolute Gasteiger partial charge is 0.361 e. The van der Waals surface area contributed by atoms with Gasteiger partial charge < -0.3 is 4.98 Å². The molecule has 2 aromatic heterocycles. The van der Waals surface area contributed by atoms with Crippen LogP contribution in [0.5, 0.6) is 0 Å². The summed E-state index contributed by atoms with van der Waals surface area (Å²) in [6.45, 7) is 0. The van der Waals surface area contributed by atoms with Crippen molar-refractivity contribution in [1.82, 2.24) is 9.97 Å². The molecular formula is C8H8N2S. The minimum absolute atomic E-state index is 0.690. The Morgan fingerprint density at radius 2 is 2.36 bits per heavy atom. The first-order valence-corrected chi connectivity index (χ1v) is 4.07. The van der Waals surface area contributed by atoms with Gasteiger partial charge >= 0.3 is 0 Å². The van der Waals surface area contributed by atoms with E-state index in [0.29, 0.717) is 5.75 Å². The third kappa shape index (κ3) is 1.01. The molecule has 0 aliphatic rings. The van der Waals surface area contributed by atoms with Crippen LogP contribution in [0.4, 0.5) is 0 Å². The highest BCUT2D eigenvalue weighted by Gasteiger charge is 1.99. The first-order valence-electron chi connectivity index (χ1n) is 3.43. The summed E-state index contributed by atoms with van der Waals surface area (Å²) in [6.07, 6.45) is 3.71. The first kappa shape index (κ1) is 6.73. The lowest BCUT2D eigenvalue weighted by Crippen LogP contribution is -1.83. The summed E-state index contributed by atoms with van der Waals surface area (Å²) in [5, 5.41) is 1.17. The zero-order valence-electron chi connectivity index (χ0n) is 5.91. The minimum atomic E-state index is 0.690. The predicted octanol–water partition coefficient (Wildman–Crippen LogP) is 1.99. The van der Waals surface area contributed by atoms with Crippen molar-refractivity contribution in [3.63, 3.8) is 0 Å². The molecule has 56 valence electrons. The zero-order chi connectivity index (χ0) is 7.68. The van der Waals surface area contributed by atoms with Crippen molar-refractivity contribution in [3.05, 3.63) is 30.2 Å². The Morgan fingerprint density at radius 3 is 3.18 bits per heavy atom. The maximum Gasteiger partial charge on any atom is 0.0593 e. The number of H-pyrrole nitrogens is 1. The van der Waals surface area contributed by atoms with E-state index >= 15 is 0 Å². The molecule has 0 fully saturated rings. The van der Waals surface area contributed by atoms with E-state index in [1.54, 1.807) is 6.20 Å². The second kappa shape index (κ2) is 2.58. The van der Waals surface area contributed by atoms with Gasteiger partial charge in [0.1, 0.15) is 0 Å². The molecule has 0 aliphatic carbocycles. The smallest absolute Gasteiger partial charge is 0.0593 e. The number of pyridine rings is 1. The Morgan fingerprint density at radius 1 is 1.45 bits per heavy atom. The summed E-state index contributed by atoms with van der Waals surface area (Å²) in [6, 6.07) is 3.98. The van der Waals surface area contributed by atoms with E-state index in [0.717, 1.165) is 11.2 Å². The van der Waals surface area contributed by atoms with E-state index < -0.39 is 0 Å². The summed E-state index contributed by atoms with van der Waals surface area (Å²) in [5.41, 5.74) is 2.16. The number of aromatic nitrogens is 2. The normalized spacial score (nSPS) is 10.6. The highest BCUT2D eigenvalue weighted by Crippen LogP contribution is 2.15. The van der Waals surface area contributed by atoms with E-state index in [9.17, 15) is 0 Å². The second-order valence-electron chi connectivity index (χ2n) is 2.35. The van der Waals surface area contributed by atoms with E-state index in [1.807, 2.05) is 18.3 Å². The van der Waals surface area contributed by atoms with Crippen molar-refractivity contribution in [2.75, 3.05) is 0 Å². The van der Waals surface area contributed by atoms with Gasteiger partial charge in [0.15, 0.2) is 0 Å². The topological polar surface area (TPSA) is 28.7 Å². The number of rotatable bonds is 1. The SMILES string of the molecule is SCc1nccc2[nH]ccc12. The number of fused-ring (bicyclic) bond motifs is 1. The summed E-state index contributed by atoms with van der Waals surface area (Å²) in [5.74, 6) is 0.690. The number of nitrogens with zero attached hydrogens (tertiary/aromatic N) is 1. The Labute approximate surface area is 70.1 Å². The number of hydrogen-bond donors (Lipinski definition) is 2. The Bertz CT molecular complexity index is 367. The number of hydrogen-bond acceptors (Lipinski definition) is 2. The molecule has 1 N–H and O–H groups in total. The van der Waals surface area contributed by atoms with Crippen LogP contribution < -0.4 is 0 Å². The van der Waals surface area contributed by atoms with Crippen LogP contribution in [0.2, 0.25) is 0 Å². The van der Waals surface area contributed by atoms with Crippen molar-refractivity contribution < 1.29 is 0 Å². The first-order chi connectivity index (χ1) is 5.42. The van der Waals surface area contributed by atoms with Crippen LogP contribution >= 0.6 is 12.6 Å². The van der Waals surface area contributed by atoms with Crippen LogP contribution in [0.25, 0.3) is 10.9 Å². The van der Waals surface area contributed by atoms with Gasteiger partial charge in [0, 0.05) is 29.0 Å². The summed E-state index contributed by atoms with van der Waals surface area (Å²) < 4.78 is 0. The van der Waals surface area contributed by atoms with Gasteiger partial charge in [0.25, 0.3) is 0 Å². The third-order valence-corrected chi connectivity index (χ3v) is 2.01. The second-order valence-corrected chi connectivity index (χ2v) is 2.67. The van der Waals surface area contributed by atoms with Crippen LogP contribution in [0.15, 0.2) is 24.5 Å². The van der Waals surface area contributed by atoms with Crippen molar-refractivity contribution >= 4 is 23.5 Å². The third-order valence-electron chi connectivity index (χ3n) is 1.71. The lowest BCUT2D eigenvalue weighted by Gasteiger charge is -1.95. The highest BCUT2D eigenvalue weighted by atomic mass is 32.1. The molecule has 0 saturated heterocycles. The zero-order valence-corrected chi connectivity index (χ0v) is 6.81. The number of aromatic amines is 1. The predicted molar refractivity (Wildman–Crippen MR) is 48.8 cm³/mol. The van der Waals surface area contributed by atoms with Gasteiger partial charge in [0.2, 0.25) is 0 Å². The molecule has 0 unspecified atom stereocenters. The van der Waals surface area contributed by atoms with Crippen LogP contribution in [-0.2, 0) is 5.75 Å². The van der Waals surface area contributed by atoms with Gasteiger partial charge in [-0.15, -0.1) is 0 Å². The van der Waals surface area contributed by atoms with E-state index in [2.05, 4.69) is 22.6 Å². The molecule has 0 bridgehead atoms. The molecule has 0 radical (unpaired) electrons. The molecule has 2 nitrogen and oxygen atoms in total. The Hall–Kier alpha value is -0.960. The van der Waals surface area contributed by atoms with Gasteiger partial charge in [-0.1, -0.05) is 0 Å². The van der Waals surface area contributed by atoms with Gasteiger partial charge in [-0.25, -0.2) is 0 Å². The van der Waals surface area contributed by atoms with Crippen molar-refractivity contribution in [1.29, 1.82) is 0 Å². The van der Waals surface area contributed by atoms with Crippen LogP contribution in [0.1, 0.15) is 5.69 Å². The van der Waals surface area contributed by atoms with Gasteiger partial charge in [-0.3, -0.25) is 4.98 Å². The molecule has 2 aromatic rings. The van der Waals surface area contributed by atoms with Crippen molar-refractivity contribution in [2.24, 2.45) is 0 Å². The average Bonchev–Trinajstić information content (AvgIpc) is 2.50. The lowest BCUT2D eigenvalue weighted by molar-refractivity contribution is 1.21. The van der Waals surface area contributed by atoms with Crippen LogP contribution in [0.3, 0.4) is 0 Å². The summed E-state index contributed by atoms with van der Waals surface area (Å²) in [7, 11) is 0. The molecule has 0 atom stereocenters. The highest BCUT2D eigenvalue weighted by molar-refractivity contribution is 7.79. The monoisotopic (exact) mass is 164 g/mol. The molecule has 0 aromatic carbocycles. The van der Waals surface area contributed by atoms with Gasteiger partial charge in [0.05, 0.1) is 5.69 Å². The average molecular weight is 164 g/mol. The molecule has 3 heteroatoms. The Kier molecular flexibility index (Phi) is 1.58. The standard InChI is InChI=1S/C8H8N2S/c11-5-8-6-1-3-9-7(6)2-4-10-8/h1-4,9,11H,5H2. The van der Waals surface area contributed by atoms with E-state index in [-0.39, 0.29) is 0 Å². The van der Waals surface area contributed by atoms with Crippen molar-refractivity contribution in [2.45, 2.75) is 5.75 Å². The van der Waals surface area contributed by atoms with Crippen LogP contribution in [-0.4, -0.2) is 9.97 Å². The number of thiol groups is 1. The van der Waals surface area contributed by atoms with E-state index in [1.165, 1.54) is 5.39 Å². The molecular weight excluding hydrogens is 156 g/mol. The fourth-order valence-corrected chi connectivity index (χ4v) is 1.42. The van der Waals surface area contributed by atoms with E-state index in [4.69, 9.17) is 0 Å². The maximum absolute atomic E-state index is 4.20. The maximum atomic E-state index is 4.20. The summed E-state index contributed by atoms with van der Waals surface area (Å²) in [4.78, 5) is 7.32. The molecule has 0 saturated carbocycles. The van der Waals surface area contributed by atoms with Gasteiger partial charge in [-0.2, -0.15) is 12.6 Å². The molecule has 11 heavy (non-hydrogen) atoms. The fraction of sp³-hybridized carbons (Fsp3) is 0.125. The molecule has 0 amide bonds. The summed E-state index contributed by atoms with van der Waals surface area (Å²) >= 11 is 4.18.